The molecule has 6 heteroatoms. The molecule has 0 aliphatic carbocycles. The molecule has 17 heavy (non-hydrogen) atoms. The Labute approximate surface area is 104 Å². The van der Waals surface area contributed by atoms with Crippen molar-refractivity contribution in [2.24, 2.45) is 5.73 Å². The van der Waals surface area contributed by atoms with Gasteiger partial charge < -0.3 is 5.73 Å². The molecule has 0 aromatic carbocycles. The summed E-state index contributed by atoms with van der Waals surface area (Å²) in [5.74, 6) is -0.0858. The van der Waals surface area contributed by atoms with Crippen LogP contribution in [0.1, 0.15) is 11.6 Å². The van der Waals surface area contributed by atoms with Gasteiger partial charge in [0.1, 0.15) is 4.21 Å². The molecular formula is C11H12N2O2S2. The highest BCUT2D eigenvalue weighted by atomic mass is 32.2. The predicted molar refractivity (Wildman–Crippen MR) is 67.5 cm³/mol. The highest BCUT2D eigenvalue weighted by Gasteiger charge is 2.20. The lowest BCUT2D eigenvalue weighted by atomic mass is 10.1. The SMILES string of the molecule is NC(CS(=O)(=O)c1cccs1)c1ccncc1. The molecule has 0 aliphatic heterocycles. The molecule has 0 radical (unpaired) electrons. The molecule has 2 aromatic rings. The lowest BCUT2D eigenvalue weighted by Crippen LogP contribution is -2.21. The smallest absolute Gasteiger partial charge is 0.189 e. The van der Waals surface area contributed by atoms with Crippen molar-refractivity contribution in [1.82, 2.24) is 4.98 Å². The van der Waals surface area contributed by atoms with Crippen molar-refractivity contribution in [3.8, 4) is 0 Å². The van der Waals surface area contributed by atoms with Gasteiger partial charge in [-0.05, 0) is 29.1 Å². The summed E-state index contributed by atoms with van der Waals surface area (Å²) in [7, 11) is -3.29. The summed E-state index contributed by atoms with van der Waals surface area (Å²) in [6, 6.07) is 6.25. The van der Waals surface area contributed by atoms with Crippen LogP contribution in [0.3, 0.4) is 0 Å². The summed E-state index contributed by atoms with van der Waals surface area (Å²) >= 11 is 1.21. The van der Waals surface area contributed by atoms with E-state index in [1.165, 1.54) is 11.3 Å². The first-order chi connectivity index (χ1) is 8.09. The van der Waals surface area contributed by atoms with Crippen molar-refractivity contribution in [2.45, 2.75) is 10.3 Å². The standard InChI is InChI=1S/C11H12N2O2S2/c12-10(9-3-5-13-6-4-9)8-17(14,15)11-2-1-7-16-11/h1-7,10H,8,12H2. The molecule has 4 nitrogen and oxygen atoms in total. The zero-order valence-corrected chi connectivity index (χ0v) is 10.6. The van der Waals surface area contributed by atoms with E-state index in [1.807, 2.05) is 0 Å². The summed E-state index contributed by atoms with van der Waals surface area (Å²) in [5, 5.41) is 1.74. The molecule has 1 unspecified atom stereocenters. The third-order valence-electron chi connectivity index (χ3n) is 2.33. The van der Waals surface area contributed by atoms with Crippen LogP contribution >= 0.6 is 11.3 Å². The van der Waals surface area contributed by atoms with E-state index in [4.69, 9.17) is 5.73 Å². The molecule has 0 saturated heterocycles. The van der Waals surface area contributed by atoms with Gasteiger partial charge in [0.05, 0.1) is 5.75 Å². The molecule has 2 aromatic heterocycles. The number of aromatic nitrogens is 1. The van der Waals surface area contributed by atoms with Crippen molar-refractivity contribution in [3.63, 3.8) is 0 Å². The number of hydrogen-bond acceptors (Lipinski definition) is 5. The lowest BCUT2D eigenvalue weighted by Gasteiger charge is -2.11. The molecule has 0 amide bonds. The van der Waals surface area contributed by atoms with E-state index in [0.717, 1.165) is 5.56 Å². The zero-order chi connectivity index (χ0) is 12.3. The van der Waals surface area contributed by atoms with E-state index in [1.54, 1.807) is 42.0 Å². The zero-order valence-electron chi connectivity index (χ0n) is 8.98. The minimum atomic E-state index is -3.29. The second-order valence-electron chi connectivity index (χ2n) is 3.60. The van der Waals surface area contributed by atoms with Gasteiger partial charge in [-0.1, -0.05) is 6.07 Å². The van der Waals surface area contributed by atoms with Crippen molar-refractivity contribution >= 4 is 21.2 Å². The van der Waals surface area contributed by atoms with Gasteiger partial charge in [-0.25, -0.2) is 8.42 Å². The van der Waals surface area contributed by atoms with Crippen molar-refractivity contribution < 1.29 is 8.42 Å². The Bertz CT molecular complexity index is 565. The topological polar surface area (TPSA) is 73.1 Å². The van der Waals surface area contributed by atoms with Gasteiger partial charge in [0.25, 0.3) is 0 Å². The Morgan fingerprint density at radius 3 is 2.59 bits per heavy atom. The third kappa shape index (κ3) is 2.91. The van der Waals surface area contributed by atoms with Gasteiger partial charge in [-0.2, -0.15) is 0 Å². The first-order valence-electron chi connectivity index (χ1n) is 5.01. The Kier molecular flexibility index (Phi) is 3.56. The predicted octanol–water partition coefficient (Wildman–Crippen LogP) is 1.62. The fraction of sp³-hybridized carbons (Fsp3) is 0.182. The van der Waals surface area contributed by atoms with Crippen molar-refractivity contribution in [1.29, 1.82) is 0 Å². The monoisotopic (exact) mass is 268 g/mol. The van der Waals surface area contributed by atoms with E-state index < -0.39 is 15.9 Å². The minimum Gasteiger partial charge on any atom is -0.323 e. The Morgan fingerprint density at radius 1 is 1.29 bits per heavy atom. The number of pyridine rings is 1. The summed E-state index contributed by atoms with van der Waals surface area (Å²) in [6.07, 6.45) is 3.21. The number of hydrogen-bond donors (Lipinski definition) is 1. The quantitative estimate of drug-likeness (QED) is 0.914. The van der Waals surface area contributed by atoms with Gasteiger partial charge >= 0.3 is 0 Å². The second-order valence-corrected chi connectivity index (χ2v) is 6.81. The van der Waals surface area contributed by atoms with Gasteiger partial charge in [0.2, 0.25) is 0 Å². The van der Waals surface area contributed by atoms with Gasteiger partial charge in [-0.3, -0.25) is 4.98 Å². The summed E-state index contributed by atoms with van der Waals surface area (Å²) in [4.78, 5) is 3.87. The highest BCUT2D eigenvalue weighted by molar-refractivity contribution is 7.93. The molecule has 90 valence electrons. The fourth-order valence-electron chi connectivity index (χ4n) is 1.47. The third-order valence-corrected chi connectivity index (χ3v) is 5.59. The van der Waals surface area contributed by atoms with E-state index in [-0.39, 0.29) is 5.75 Å². The highest BCUT2D eigenvalue weighted by Crippen LogP contribution is 2.21. The van der Waals surface area contributed by atoms with Gasteiger partial charge in [-0.15, -0.1) is 11.3 Å². The van der Waals surface area contributed by atoms with Gasteiger partial charge in [0.15, 0.2) is 9.84 Å². The van der Waals surface area contributed by atoms with Crippen LogP contribution in [0.5, 0.6) is 0 Å². The first-order valence-corrected chi connectivity index (χ1v) is 7.54. The average Bonchev–Trinajstić information content (AvgIpc) is 2.84. The summed E-state index contributed by atoms with van der Waals surface area (Å²) in [6.45, 7) is 0. The molecular weight excluding hydrogens is 256 g/mol. The molecule has 1 atom stereocenters. The Hall–Kier alpha value is -1.24. The summed E-state index contributed by atoms with van der Waals surface area (Å²) < 4.78 is 24.3. The molecule has 0 bridgehead atoms. The van der Waals surface area contributed by atoms with Crippen LogP contribution in [0.15, 0.2) is 46.2 Å². The fourth-order valence-corrected chi connectivity index (χ4v) is 3.99. The van der Waals surface area contributed by atoms with Crippen LogP contribution in [0, 0.1) is 0 Å². The van der Waals surface area contributed by atoms with Crippen LogP contribution < -0.4 is 5.73 Å². The van der Waals surface area contributed by atoms with Crippen molar-refractivity contribution in [2.75, 3.05) is 5.75 Å². The van der Waals surface area contributed by atoms with E-state index >= 15 is 0 Å². The molecule has 0 spiro atoms. The summed E-state index contributed by atoms with van der Waals surface area (Å²) in [5.41, 5.74) is 6.66. The first kappa shape index (κ1) is 12.2. The number of rotatable bonds is 4. The Balaban J connectivity index is 2.17. The normalized spacial score (nSPS) is 13.5. The van der Waals surface area contributed by atoms with E-state index in [2.05, 4.69) is 4.98 Å². The maximum absolute atomic E-state index is 12.0. The van der Waals surface area contributed by atoms with Crippen LogP contribution in [-0.4, -0.2) is 19.2 Å². The maximum atomic E-state index is 12.0. The van der Waals surface area contributed by atoms with E-state index in [0.29, 0.717) is 4.21 Å². The number of sulfone groups is 1. The molecule has 2 rings (SSSR count). The van der Waals surface area contributed by atoms with Crippen LogP contribution in [0.4, 0.5) is 0 Å². The average molecular weight is 268 g/mol. The molecule has 2 N–H and O–H groups in total. The maximum Gasteiger partial charge on any atom is 0.189 e. The van der Waals surface area contributed by atoms with Crippen molar-refractivity contribution in [3.05, 3.63) is 47.6 Å². The second kappa shape index (κ2) is 4.95. The lowest BCUT2D eigenvalue weighted by molar-refractivity contribution is 0.591. The number of nitrogens with two attached hydrogens (primary N) is 1. The van der Waals surface area contributed by atoms with Crippen LogP contribution in [0.25, 0.3) is 0 Å². The minimum absolute atomic E-state index is 0.0858. The largest absolute Gasteiger partial charge is 0.323 e. The van der Waals surface area contributed by atoms with Crippen LogP contribution in [-0.2, 0) is 9.84 Å². The molecule has 2 heterocycles. The number of nitrogens with zero attached hydrogens (tertiary/aromatic N) is 1. The molecule has 0 aliphatic rings. The molecule has 0 fully saturated rings. The Morgan fingerprint density at radius 2 is 2.00 bits per heavy atom. The van der Waals surface area contributed by atoms with Crippen LogP contribution in [0.2, 0.25) is 0 Å². The van der Waals surface area contributed by atoms with Gasteiger partial charge in [0, 0.05) is 18.4 Å². The number of thiophene rings is 1. The van der Waals surface area contributed by atoms with E-state index in [9.17, 15) is 8.42 Å². The molecule has 0 saturated carbocycles.